The predicted octanol–water partition coefficient (Wildman–Crippen LogP) is 4.50. The molecule has 1 aromatic heterocycles. The Morgan fingerprint density at radius 1 is 1.16 bits per heavy atom. The second-order valence-electron chi connectivity index (χ2n) is 5.33. The maximum atomic E-state index is 12.5. The van der Waals surface area contributed by atoms with Gasteiger partial charge < -0.3 is 4.74 Å². The Labute approximate surface area is 154 Å². The van der Waals surface area contributed by atoms with E-state index in [-0.39, 0.29) is 11.0 Å². The molecule has 0 saturated carbocycles. The van der Waals surface area contributed by atoms with E-state index in [1.165, 1.54) is 11.8 Å². The van der Waals surface area contributed by atoms with Crippen molar-refractivity contribution in [1.82, 2.24) is 15.2 Å². The Balaban J connectivity index is 1.69. The molecule has 5 nitrogen and oxygen atoms in total. The molecule has 3 aromatic rings. The number of rotatable bonds is 6. The summed E-state index contributed by atoms with van der Waals surface area (Å²) in [6.45, 7) is 1.84. The predicted molar refractivity (Wildman–Crippen MR) is 99.5 cm³/mol. The van der Waals surface area contributed by atoms with Gasteiger partial charge in [0.25, 0.3) is 0 Å². The third kappa shape index (κ3) is 4.21. The number of carbonyl (C=O) groups excluding carboxylic acids is 1. The largest absolute Gasteiger partial charge is 0.497 e. The number of halogens is 1. The molecule has 0 unspecified atom stereocenters. The molecule has 25 heavy (non-hydrogen) atoms. The average Bonchev–Trinajstić information content (AvgIpc) is 3.10. The first-order valence-electron chi connectivity index (χ1n) is 7.60. The number of Topliss-reactive ketones (excluding diaryl/α,β-unsaturated/α-hetero) is 1. The highest BCUT2D eigenvalue weighted by molar-refractivity contribution is 8.00. The van der Waals surface area contributed by atoms with Gasteiger partial charge in [-0.1, -0.05) is 23.4 Å². The van der Waals surface area contributed by atoms with Crippen molar-refractivity contribution in [2.24, 2.45) is 0 Å². The third-order valence-electron chi connectivity index (χ3n) is 3.61. The molecule has 1 atom stereocenters. The molecule has 0 aliphatic heterocycles. The number of thioether (sulfide) groups is 1. The van der Waals surface area contributed by atoms with Crippen LogP contribution in [0.15, 0.2) is 53.7 Å². The van der Waals surface area contributed by atoms with Crippen molar-refractivity contribution in [3.63, 3.8) is 0 Å². The van der Waals surface area contributed by atoms with Gasteiger partial charge in [-0.3, -0.25) is 9.89 Å². The van der Waals surface area contributed by atoms with Gasteiger partial charge in [0.2, 0.25) is 5.16 Å². The Morgan fingerprint density at radius 2 is 1.84 bits per heavy atom. The molecule has 0 aliphatic rings. The number of H-pyrrole nitrogens is 1. The molecule has 0 amide bonds. The first kappa shape index (κ1) is 17.5. The number of nitrogens with zero attached hydrogens (tertiary/aromatic N) is 2. The molecule has 3 rings (SSSR count). The lowest BCUT2D eigenvalue weighted by Crippen LogP contribution is -2.13. The highest BCUT2D eigenvalue weighted by atomic mass is 35.5. The fourth-order valence-electron chi connectivity index (χ4n) is 2.24. The standard InChI is InChI=1S/C18H16ClN3O2S/c1-11(16(23)12-3-7-14(19)8-4-12)25-18-20-17(21-22-18)13-5-9-15(24-2)10-6-13/h3-11H,1-2H3,(H,20,21,22)/t11-/m1/s1. The van der Waals surface area contributed by atoms with Gasteiger partial charge in [-0.05, 0) is 55.5 Å². The highest BCUT2D eigenvalue weighted by Crippen LogP contribution is 2.26. The summed E-state index contributed by atoms with van der Waals surface area (Å²) in [5.41, 5.74) is 1.52. The van der Waals surface area contributed by atoms with Crippen LogP contribution in [0.25, 0.3) is 11.4 Å². The number of hydrogen-bond acceptors (Lipinski definition) is 5. The minimum Gasteiger partial charge on any atom is -0.497 e. The van der Waals surface area contributed by atoms with Gasteiger partial charge in [0.05, 0.1) is 12.4 Å². The van der Waals surface area contributed by atoms with E-state index in [9.17, 15) is 4.79 Å². The van der Waals surface area contributed by atoms with E-state index in [1.807, 2.05) is 31.2 Å². The van der Waals surface area contributed by atoms with Crippen LogP contribution in [0, 0.1) is 0 Å². The van der Waals surface area contributed by atoms with Gasteiger partial charge in [0.1, 0.15) is 5.75 Å². The SMILES string of the molecule is COc1ccc(-c2nc(S[C@H](C)C(=O)c3ccc(Cl)cc3)n[nH]2)cc1. The summed E-state index contributed by atoms with van der Waals surface area (Å²) in [4.78, 5) is 16.9. The van der Waals surface area contributed by atoms with Gasteiger partial charge in [0.15, 0.2) is 11.6 Å². The Bertz CT molecular complexity index is 863. The molecular formula is C18H16ClN3O2S. The Morgan fingerprint density at radius 3 is 2.48 bits per heavy atom. The quantitative estimate of drug-likeness (QED) is 0.509. The Hall–Kier alpha value is -2.31. The first-order chi connectivity index (χ1) is 12.1. The minimum absolute atomic E-state index is 0.0115. The van der Waals surface area contributed by atoms with Gasteiger partial charge in [-0.25, -0.2) is 4.98 Å². The fourth-order valence-corrected chi connectivity index (χ4v) is 3.17. The van der Waals surface area contributed by atoms with Gasteiger partial charge in [-0.15, -0.1) is 5.10 Å². The van der Waals surface area contributed by atoms with Crippen LogP contribution in [0.2, 0.25) is 5.02 Å². The topological polar surface area (TPSA) is 67.9 Å². The van der Waals surface area contributed by atoms with Crippen LogP contribution < -0.4 is 4.74 Å². The van der Waals surface area contributed by atoms with Crippen LogP contribution in [0.1, 0.15) is 17.3 Å². The average molecular weight is 374 g/mol. The van der Waals surface area contributed by atoms with Crippen molar-refractivity contribution in [3.8, 4) is 17.1 Å². The van der Waals surface area contributed by atoms with Crippen molar-refractivity contribution in [3.05, 3.63) is 59.1 Å². The number of methoxy groups -OCH3 is 1. The molecule has 0 aliphatic carbocycles. The summed E-state index contributed by atoms with van der Waals surface area (Å²) in [7, 11) is 1.62. The van der Waals surface area contributed by atoms with E-state index in [0.717, 1.165) is 11.3 Å². The van der Waals surface area contributed by atoms with Gasteiger partial charge in [0, 0.05) is 16.1 Å². The molecule has 7 heteroatoms. The molecule has 1 heterocycles. The van der Waals surface area contributed by atoms with E-state index >= 15 is 0 Å². The molecule has 0 bridgehead atoms. The number of ether oxygens (including phenoxy) is 1. The van der Waals surface area contributed by atoms with Crippen LogP contribution in [0.5, 0.6) is 5.75 Å². The molecule has 0 radical (unpaired) electrons. The number of hydrogen-bond donors (Lipinski definition) is 1. The Kier molecular flexibility index (Phi) is 5.40. The molecule has 1 N–H and O–H groups in total. The number of aromatic nitrogens is 3. The van der Waals surface area contributed by atoms with E-state index in [4.69, 9.17) is 16.3 Å². The zero-order valence-electron chi connectivity index (χ0n) is 13.7. The zero-order chi connectivity index (χ0) is 17.8. The summed E-state index contributed by atoms with van der Waals surface area (Å²) >= 11 is 7.17. The first-order valence-corrected chi connectivity index (χ1v) is 8.86. The second kappa shape index (κ2) is 7.72. The number of nitrogens with one attached hydrogen (secondary N) is 1. The summed E-state index contributed by atoms with van der Waals surface area (Å²) in [5, 5.41) is 7.92. The lowest BCUT2D eigenvalue weighted by atomic mass is 10.1. The molecule has 128 valence electrons. The van der Waals surface area contributed by atoms with E-state index < -0.39 is 0 Å². The van der Waals surface area contributed by atoms with Crippen LogP contribution >= 0.6 is 23.4 Å². The van der Waals surface area contributed by atoms with Crippen molar-refractivity contribution in [1.29, 1.82) is 0 Å². The van der Waals surface area contributed by atoms with Crippen molar-refractivity contribution in [2.75, 3.05) is 7.11 Å². The van der Waals surface area contributed by atoms with Crippen LogP contribution in [-0.4, -0.2) is 33.3 Å². The zero-order valence-corrected chi connectivity index (χ0v) is 15.3. The number of aromatic amines is 1. The molecule has 2 aromatic carbocycles. The van der Waals surface area contributed by atoms with Crippen LogP contribution in [0.3, 0.4) is 0 Å². The van der Waals surface area contributed by atoms with Crippen molar-refractivity contribution in [2.45, 2.75) is 17.3 Å². The van der Waals surface area contributed by atoms with Crippen molar-refractivity contribution < 1.29 is 9.53 Å². The maximum Gasteiger partial charge on any atom is 0.209 e. The van der Waals surface area contributed by atoms with Crippen LogP contribution in [0.4, 0.5) is 0 Å². The third-order valence-corrected chi connectivity index (χ3v) is 4.82. The van der Waals surface area contributed by atoms with E-state index in [0.29, 0.717) is 21.6 Å². The van der Waals surface area contributed by atoms with Gasteiger partial charge in [-0.2, -0.15) is 0 Å². The molecule has 0 fully saturated rings. The highest BCUT2D eigenvalue weighted by Gasteiger charge is 2.19. The summed E-state index contributed by atoms with van der Waals surface area (Å²) in [6, 6.07) is 14.4. The number of carbonyl (C=O) groups is 1. The lowest BCUT2D eigenvalue weighted by molar-refractivity contribution is 0.0994. The lowest BCUT2D eigenvalue weighted by Gasteiger charge is -2.07. The normalized spacial score (nSPS) is 12.0. The van der Waals surface area contributed by atoms with Crippen LogP contribution in [-0.2, 0) is 0 Å². The summed E-state index contributed by atoms with van der Waals surface area (Å²) in [6.07, 6.45) is 0. The molecule has 0 saturated heterocycles. The van der Waals surface area contributed by atoms with E-state index in [1.54, 1.807) is 31.4 Å². The summed E-state index contributed by atoms with van der Waals surface area (Å²) in [5.74, 6) is 1.44. The smallest absolute Gasteiger partial charge is 0.209 e. The molecular weight excluding hydrogens is 358 g/mol. The second-order valence-corrected chi connectivity index (χ2v) is 7.07. The maximum absolute atomic E-state index is 12.5. The fraction of sp³-hybridized carbons (Fsp3) is 0.167. The number of ketones is 1. The molecule has 0 spiro atoms. The minimum atomic E-state index is -0.305. The monoisotopic (exact) mass is 373 g/mol. The van der Waals surface area contributed by atoms with E-state index in [2.05, 4.69) is 15.2 Å². The summed E-state index contributed by atoms with van der Waals surface area (Å²) < 4.78 is 5.14. The van der Waals surface area contributed by atoms with Gasteiger partial charge >= 0.3 is 0 Å². The number of benzene rings is 2. The van der Waals surface area contributed by atoms with Crippen molar-refractivity contribution >= 4 is 29.1 Å².